The largest absolute Gasteiger partial charge is 0.472 e. The SMILES string of the molecule is COC(=O)C[C@H]1[C@@]2(C)C[C@]3(O)[C@](OC(=O)C(C)C)([C@@H]2OC(C)=O)[C@H]2OC4(C)O[C@@]5([C@H](O)[C@H](OC(C)=O)[C@]67C[C@]6([C@@H](OC(C)=O)C(=O)O[C@H]7c6ccoc6)[C@@]25O4)[C@]13C. The van der Waals surface area contributed by atoms with Crippen LogP contribution in [0, 0.1) is 33.5 Å². The number of methoxy groups -OCH3 is 1. The second-order valence-corrected chi connectivity index (χ2v) is 18.0. The van der Waals surface area contributed by atoms with Crippen molar-refractivity contribution >= 4 is 35.8 Å². The molecule has 0 amide bonds. The van der Waals surface area contributed by atoms with E-state index in [0.717, 1.165) is 20.8 Å². The Morgan fingerprint density at radius 2 is 1.60 bits per heavy atom. The molecule has 3 saturated heterocycles. The van der Waals surface area contributed by atoms with E-state index in [1.54, 1.807) is 27.7 Å². The lowest BCUT2D eigenvalue weighted by Crippen LogP contribution is -2.97. The van der Waals surface area contributed by atoms with Crippen LogP contribution in [0.25, 0.3) is 0 Å². The van der Waals surface area contributed by atoms with Crippen molar-refractivity contribution in [2.24, 2.45) is 33.5 Å². The van der Waals surface area contributed by atoms with Crippen molar-refractivity contribution in [1.82, 2.24) is 0 Å². The van der Waals surface area contributed by atoms with Crippen molar-refractivity contribution in [3.8, 4) is 0 Å². The van der Waals surface area contributed by atoms with Crippen LogP contribution in [-0.2, 0) is 71.4 Å². The minimum Gasteiger partial charge on any atom is -0.472 e. The van der Waals surface area contributed by atoms with E-state index in [4.69, 9.17) is 47.0 Å². The highest BCUT2D eigenvalue weighted by molar-refractivity contribution is 5.84. The molecule has 310 valence electrons. The Morgan fingerprint density at radius 1 is 0.947 bits per heavy atom. The molecule has 4 bridgehead atoms. The molecular weight excluding hydrogens is 756 g/mol. The van der Waals surface area contributed by atoms with Gasteiger partial charge in [-0.1, -0.05) is 27.7 Å². The van der Waals surface area contributed by atoms with Gasteiger partial charge in [-0.15, -0.1) is 0 Å². The van der Waals surface area contributed by atoms with Gasteiger partial charge in [0.05, 0.1) is 36.4 Å². The average Bonchev–Trinajstić information content (AvgIpc) is 3.47. The molecule has 0 aromatic carbocycles. The van der Waals surface area contributed by atoms with Crippen LogP contribution in [0.3, 0.4) is 0 Å². The second kappa shape index (κ2) is 10.9. The molecule has 9 rings (SSSR count). The highest BCUT2D eigenvalue weighted by Crippen LogP contribution is 2.96. The van der Waals surface area contributed by atoms with Gasteiger partial charge in [0.25, 0.3) is 5.97 Å². The fraction of sp³-hybridized carbons (Fsp3) is 0.744. The first-order valence-corrected chi connectivity index (χ1v) is 19.0. The van der Waals surface area contributed by atoms with Crippen molar-refractivity contribution in [3.63, 3.8) is 0 Å². The molecule has 8 fully saturated rings. The molecule has 57 heavy (non-hydrogen) atoms. The predicted molar refractivity (Wildman–Crippen MR) is 180 cm³/mol. The smallest absolute Gasteiger partial charge is 0.348 e. The van der Waals surface area contributed by atoms with E-state index in [1.807, 2.05) is 0 Å². The summed E-state index contributed by atoms with van der Waals surface area (Å²) in [6.45, 7) is 11.1. The lowest BCUT2D eigenvalue weighted by Gasteiger charge is -2.77. The molecule has 5 saturated carbocycles. The van der Waals surface area contributed by atoms with Gasteiger partial charge in [0.1, 0.15) is 41.2 Å². The zero-order valence-electron chi connectivity index (χ0n) is 32.9. The van der Waals surface area contributed by atoms with Crippen molar-refractivity contribution in [2.75, 3.05) is 7.11 Å². The number of fused-ring (bicyclic) bond motifs is 3. The molecule has 1 spiro atoms. The van der Waals surface area contributed by atoms with Gasteiger partial charge in [-0.25, -0.2) is 4.79 Å². The van der Waals surface area contributed by atoms with Crippen LogP contribution in [0.2, 0.25) is 0 Å². The van der Waals surface area contributed by atoms with Gasteiger partial charge in [0, 0.05) is 50.5 Å². The number of rotatable bonds is 8. The third kappa shape index (κ3) is 3.70. The summed E-state index contributed by atoms with van der Waals surface area (Å²) in [7, 11) is 1.17. The number of cyclic esters (lactones) is 1. The van der Waals surface area contributed by atoms with Crippen LogP contribution < -0.4 is 0 Å². The molecule has 1 unspecified atom stereocenters. The topological polar surface area (TPSA) is 239 Å². The molecule has 4 heterocycles. The van der Waals surface area contributed by atoms with E-state index in [-0.39, 0.29) is 18.4 Å². The van der Waals surface area contributed by atoms with Crippen LogP contribution in [-0.4, -0.2) is 112 Å². The number of aliphatic hydroxyl groups is 2. The summed E-state index contributed by atoms with van der Waals surface area (Å²) in [4.78, 5) is 82.0. The Kier molecular flexibility index (Phi) is 7.37. The van der Waals surface area contributed by atoms with Crippen LogP contribution in [0.1, 0.15) is 86.3 Å². The Balaban J connectivity index is 1.45. The molecule has 18 nitrogen and oxygen atoms in total. The zero-order chi connectivity index (χ0) is 41.5. The minimum atomic E-state index is -2.43. The van der Waals surface area contributed by atoms with Gasteiger partial charge in [0.2, 0.25) is 11.7 Å². The van der Waals surface area contributed by atoms with E-state index in [1.165, 1.54) is 32.6 Å². The lowest BCUT2D eigenvalue weighted by atomic mass is 9.33. The first-order chi connectivity index (χ1) is 26.5. The Labute approximate surface area is 326 Å². The quantitative estimate of drug-likeness (QED) is 0.278. The number of hydrogen-bond acceptors (Lipinski definition) is 18. The summed E-state index contributed by atoms with van der Waals surface area (Å²) >= 11 is 0. The standard InChI is InChI=1S/C39H46O18/c1-16(2)27(45)54-37-29(52-19(5)42)31(6)14-36(37,47)32(7,21(31)12-22(43)48-9)38-23(44)25(50-17(3)40)34-15-35(34,39(38)30(37)55-33(8,56-38)57-39)26(51-18(4)41)28(46)53-24(34)20-10-11-49-13-20/h10-11,13,16,21,23-26,29-30,44,47H,12,14-15H2,1-9H3/t21-,23+,24-,25-,26-,29+,30+,31+,32+,33?,34+,35+,36+,37-,38-,39-/m0/s1. The van der Waals surface area contributed by atoms with Gasteiger partial charge < -0.3 is 57.3 Å². The first kappa shape index (κ1) is 38.4. The summed E-state index contributed by atoms with van der Waals surface area (Å²) in [5.74, 6) is -9.40. The fourth-order valence-electron chi connectivity index (χ4n) is 14.0. The normalized spacial score (nSPS) is 51.2. The number of furan rings is 1. The molecule has 1 aromatic rings. The van der Waals surface area contributed by atoms with Gasteiger partial charge in [-0.05, 0) is 24.8 Å². The van der Waals surface area contributed by atoms with E-state index in [0.29, 0.717) is 0 Å². The van der Waals surface area contributed by atoms with Crippen molar-refractivity contribution in [1.29, 1.82) is 0 Å². The van der Waals surface area contributed by atoms with E-state index in [9.17, 15) is 39.0 Å². The third-order valence-corrected chi connectivity index (χ3v) is 15.3. The zero-order valence-corrected chi connectivity index (χ0v) is 32.9. The van der Waals surface area contributed by atoms with Crippen LogP contribution in [0.15, 0.2) is 23.0 Å². The van der Waals surface area contributed by atoms with E-state index in [2.05, 4.69) is 0 Å². The highest BCUT2D eigenvalue weighted by atomic mass is 17.0. The van der Waals surface area contributed by atoms with Gasteiger partial charge in [-0.3, -0.25) is 24.0 Å². The summed E-state index contributed by atoms with van der Waals surface area (Å²) in [5.41, 5.74) is -16.4. The number of hydrogen-bond donors (Lipinski definition) is 2. The van der Waals surface area contributed by atoms with Crippen molar-refractivity contribution in [2.45, 2.75) is 140 Å². The molecule has 16 atom stereocenters. The van der Waals surface area contributed by atoms with Crippen molar-refractivity contribution < 1.29 is 86.0 Å². The van der Waals surface area contributed by atoms with Gasteiger partial charge in [-0.2, -0.15) is 0 Å². The van der Waals surface area contributed by atoms with Crippen LogP contribution in [0.4, 0.5) is 0 Å². The molecular formula is C39H46O18. The van der Waals surface area contributed by atoms with Gasteiger partial charge in [0.15, 0.2) is 6.10 Å². The Bertz CT molecular complexity index is 2030. The highest BCUT2D eigenvalue weighted by Gasteiger charge is 3.11. The maximum atomic E-state index is 14.6. The maximum Gasteiger partial charge on any atom is 0.348 e. The maximum absolute atomic E-state index is 14.6. The predicted octanol–water partition coefficient (Wildman–Crippen LogP) is 1.31. The summed E-state index contributed by atoms with van der Waals surface area (Å²) in [6, 6.07) is 1.52. The Hall–Kier alpha value is -4.10. The molecule has 8 aliphatic rings. The summed E-state index contributed by atoms with van der Waals surface area (Å²) < 4.78 is 62.4. The fourth-order valence-corrected chi connectivity index (χ4v) is 14.0. The molecule has 2 N–H and O–H groups in total. The van der Waals surface area contributed by atoms with E-state index < -0.39 is 141 Å². The summed E-state index contributed by atoms with van der Waals surface area (Å²) in [5, 5.41) is 27.4. The van der Waals surface area contributed by atoms with Crippen molar-refractivity contribution in [3.05, 3.63) is 24.2 Å². The molecule has 18 heteroatoms. The van der Waals surface area contributed by atoms with E-state index >= 15 is 0 Å². The summed E-state index contributed by atoms with van der Waals surface area (Å²) in [6.07, 6.45) is -8.61. The van der Waals surface area contributed by atoms with Gasteiger partial charge >= 0.3 is 35.8 Å². The number of aliphatic hydroxyl groups excluding tert-OH is 1. The monoisotopic (exact) mass is 802 g/mol. The molecule has 3 aliphatic heterocycles. The molecule has 0 radical (unpaired) electrons. The Morgan fingerprint density at radius 3 is 2.18 bits per heavy atom. The van der Waals surface area contributed by atoms with Crippen LogP contribution in [0.5, 0.6) is 0 Å². The molecule has 1 aromatic heterocycles. The second-order valence-electron chi connectivity index (χ2n) is 18.0. The average molecular weight is 803 g/mol. The third-order valence-electron chi connectivity index (χ3n) is 15.3. The molecule has 5 aliphatic carbocycles. The lowest BCUT2D eigenvalue weighted by molar-refractivity contribution is -0.470. The minimum absolute atomic E-state index is 0.241. The number of ether oxygens (including phenoxy) is 9. The van der Waals surface area contributed by atoms with Crippen LogP contribution >= 0.6 is 0 Å². The number of carbonyl (C=O) groups excluding carboxylic acids is 6. The number of carbonyl (C=O) groups is 6. The number of esters is 6. The first-order valence-electron chi connectivity index (χ1n) is 19.0.